The molecule has 2 aromatic heterocycles. The quantitative estimate of drug-likeness (QED) is 0.120. The van der Waals surface area contributed by atoms with E-state index in [-0.39, 0.29) is 6.71 Å². The molecule has 0 bridgehead atoms. The van der Waals surface area contributed by atoms with Crippen LogP contribution >= 0.6 is 0 Å². The molecule has 0 unspecified atom stereocenters. The Kier molecular flexibility index (Phi) is 13.7. The Morgan fingerprint density at radius 3 is 0.772 bits per heavy atom. The molecule has 101 heavy (non-hydrogen) atoms. The van der Waals surface area contributed by atoms with Crippen molar-refractivity contribution < 1.29 is 0 Å². The molecule has 18 aromatic rings. The minimum atomic E-state index is -0.269. The minimum Gasteiger partial charge on any atom is -0.310 e. The summed E-state index contributed by atoms with van der Waals surface area (Å²) in [5.41, 5.74) is 32.8. The summed E-state index contributed by atoms with van der Waals surface area (Å²) in [5, 5.41) is 4.88. The van der Waals surface area contributed by atoms with E-state index in [0.717, 1.165) is 145 Å². The van der Waals surface area contributed by atoms with Gasteiger partial charge in [-0.1, -0.05) is 303 Å². The first-order valence-electron chi connectivity index (χ1n) is 34.9. The number of fused-ring (bicyclic) bond motifs is 10. The molecular formula is C96H63BN4. The van der Waals surface area contributed by atoms with Crippen molar-refractivity contribution in [2.45, 2.75) is 0 Å². The smallest absolute Gasteiger partial charge is 0.252 e. The number of rotatable bonds is 11. The predicted octanol–water partition coefficient (Wildman–Crippen LogP) is 23.6. The van der Waals surface area contributed by atoms with Crippen LogP contribution in [0.5, 0.6) is 0 Å². The zero-order valence-electron chi connectivity index (χ0n) is 55.2. The number of benzene rings is 16. The van der Waals surface area contributed by atoms with E-state index in [9.17, 15) is 0 Å². The maximum atomic E-state index is 2.69. The van der Waals surface area contributed by atoms with Gasteiger partial charge in [0.1, 0.15) is 0 Å². The van der Waals surface area contributed by atoms with E-state index < -0.39 is 0 Å². The summed E-state index contributed by atoms with van der Waals surface area (Å²) in [5.74, 6) is 0. The average molecular weight is 1280 g/mol. The van der Waals surface area contributed by atoms with Gasteiger partial charge in [-0.05, 0) is 151 Å². The SMILES string of the molecule is c1ccc(-c2cc(-c3ccccc3)cc(-c3cc4c5c(c3)N(c3c(-c6ccccc6)cccc3-c3ccccc3)c3cc(-n6c7ccccc7c7ccccc76)ccc3B5c3ccc(-n5c6ccccc6c6ccccc65)cc3N4c3c(-c4ccccc4)cccc3-c3ccccc3)c2)cc1. The Balaban J connectivity index is 0.981. The third-order valence-electron chi connectivity index (χ3n) is 21.1. The van der Waals surface area contributed by atoms with Gasteiger partial charge in [0.2, 0.25) is 0 Å². The van der Waals surface area contributed by atoms with Crippen molar-refractivity contribution >= 4 is 101 Å². The lowest BCUT2D eigenvalue weighted by Gasteiger charge is -2.46. The highest BCUT2D eigenvalue weighted by atomic mass is 15.2. The van der Waals surface area contributed by atoms with Crippen molar-refractivity contribution in [3.63, 3.8) is 0 Å². The number of aromatic nitrogens is 2. The third-order valence-corrected chi connectivity index (χ3v) is 21.1. The van der Waals surface area contributed by atoms with Crippen molar-refractivity contribution in [1.82, 2.24) is 9.13 Å². The molecule has 470 valence electrons. The maximum Gasteiger partial charge on any atom is 0.252 e. The lowest BCUT2D eigenvalue weighted by molar-refractivity contribution is 1.17. The van der Waals surface area contributed by atoms with Gasteiger partial charge in [0.05, 0.1) is 33.4 Å². The van der Waals surface area contributed by atoms with Gasteiger partial charge in [0, 0.05) is 77.9 Å². The van der Waals surface area contributed by atoms with Crippen LogP contribution in [0.1, 0.15) is 0 Å². The normalized spacial score (nSPS) is 12.3. The standard InChI is InChI=1S/C96H63BN4/c1-7-29-64(30-8-1)70-57-71(65-31-9-2-10-32-65)59-72(58-70)73-60-92-94-93(61-73)101(96-78(68-37-15-5-16-38-68)47-28-48-79(96)69-39-17-6-18-40-69)91-63-75(99-88-51-25-21-43-82(88)83-44-22-26-52-89(83)99)54-56-85(91)97(94)84-55-53-74(98-86-49-23-19-41-80(86)81-42-20-24-50-87(81)98)62-90(84)100(92)95-76(66-33-11-3-12-34-66)45-27-46-77(95)67-35-13-4-14-36-67/h1-63H. The fourth-order valence-corrected chi connectivity index (χ4v) is 16.7. The van der Waals surface area contributed by atoms with E-state index in [1.165, 1.54) is 37.9 Å². The molecule has 0 fully saturated rings. The Labute approximate surface area is 587 Å². The molecule has 0 amide bonds. The molecule has 5 heteroatoms. The lowest BCUT2D eigenvalue weighted by Crippen LogP contribution is -2.61. The summed E-state index contributed by atoms with van der Waals surface area (Å²) in [7, 11) is 0. The molecule has 2 aliphatic heterocycles. The zero-order chi connectivity index (χ0) is 66.5. The van der Waals surface area contributed by atoms with Gasteiger partial charge in [-0.25, -0.2) is 0 Å². The van der Waals surface area contributed by atoms with Crippen molar-refractivity contribution in [3.05, 3.63) is 382 Å². The van der Waals surface area contributed by atoms with Gasteiger partial charge < -0.3 is 18.9 Å². The molecule has 0 N–H and O–H groups in total. The fraction of sp³-hybridized carbons (Fsp3) is 0. The van der Waals surface area contributed by atoms with E-state index in [1.807, 2.05) is 0 Å². The van der Waals surface area contributed by atoms with Crippen LogP contribution in [0, 0.1) is 0 Å². The number of hydrogen-bond donors (Lipinski definition) is 0. The number of nitrogens with zero attached hydrogens (tertiary/aromatic N) is 4. The zero-order valence-corrected chi connectivity index (χ0v) is 55.2. The van der Waals surface area contributed by atoms with Crippen molar-refractivity contribution in [2.75, 3.05) is 9.80 Å². The number of para-hydroxylation sites is 6. The van der Waals surface area contributed by atoms with Crippen LogP contribution < -0.4 is 26.2 Å². The largest absolute Gasteiger partial charge is 0.310 e. The molecule has 4 heterocycles. The predicted molar refractivity (Wildman–Crippen MR) is 427 cm³/mol. The molecule has 0 aliphatic carbocycles. The van der Waals surface area contributed by atoms with Crippen molar-refractivity contribution in [1.29, 1.82) is 0 Å². The van der Waals surface area contributed by atoms with E-state index in [1.54, 1.807) is 0 Å². The molecule has 0 atom stereocenters. The van der Waals surface area contributed by atoms with Gasteiger partial charge in [-0.15, -0.1) is 0 Å². The van der Waals surface area contributed by atoms with Crippen LogP contribution in [0.2, 0.25) is 0 Å². The second-order valence-electron chi connectivity index (χ2n) is 26.7. The third kappa shape index (κ3) is 9.46. The van der Waals surface area contributed by atoms with Gasteiger partial charge in [0.25, 0.3) is 6.71 Å². The second-order valence-corrected chi connectivity index (χ2v) is 26.7. The average Bonchev–Trinajstić information content (AvgIpc) is 0.975. The topological polar surface area (TPSA) is 16.3 Å². The summed E-state index contributed by atoms with van der Waals surface area (Å²) < 4.78 is 4.98. The summed E-state index contributed by atoms with van der Waals surface area (Å²) in [6.45, 7) is -0.269. The molecule has 2 aliphatic rings. The number of anilines is 6. The Morgan fingerprint density at radius 1 is 0.188 bits per heavy atom. The molecule has 0 saturated heterocycles. The molecule has 4 nitrogen and oxygen atoms in total. The molecule has 0 spiro atoms. The Hall–Kier alpha value is -13.2. The highest BCUT2D eigenvalue weighted by molar-refractivity contribution is 7.00. The summed E-state index contributed by atoms with van der Waals surface area (Å²) >= 11 is 0. The highest BCUT2D eigenvalue weighted by Gasteiger charge is 2.46. The van der Waals surface area contributed by atoms with Crippen molar-refractivity contribution in [3.8, 4) is 89.3 Å². The Morgan fingerprint density at radius 2 is 0.455 bits per heavy atom. The second kappa shape index (κ2) is 23.8. The molecule has 20 rings (SSSR count). The first-order chi connectivity index (χ1) is 50.1. The lowest BCUT2D eigenvalue weighted by atomic mass is 9.33. The monoisotopic (exact) mass is 1280 g/mol. The van der Waals surface area contributed by atoms with E-state index in [4.69, 9.17) is 0 Å². The molecule has 16 aromatic carbocycles. The molecular weight excluding hydrogens is 1220 g/mol. The van der Waals surface area contributed by atoms with E-state index >= 15 is 0 Å². The van der Waals surface area contributed by atoms with Gasteiger partial charge in [-0.3, -0.25) is 0 Å². The van der Waals surface area contributed by atoms with E-state index in [2.05, 4.69) is 401 Å². The van der Waals surface area contributed by atoms with Crippen LogP contribution in [0.3, 0.4) is 0 Å². The number of hydrogen-bond acceptors (Lipinski definition) is 2. The molecule has 0 saturated carbocycles. The Bertz CT molecular complexity index is 5670. The van der Waals surface area contributed by atoms with Crippen LogP contribution in [0.4, 0.5) is 34.1 Å². The first-order valence-corrected chi connectivity index (χ1v) is 34.9. The van der Waals surface area contributed by atoms with Crippen LogP contribution in [-0.4, -0.2) is 15.8 Å². The summed E-state index contributed by atoms with van der Waals surface area (Å²) in [6, 6.07) is 143. The summed E-state index contributed by atoms with van der Waals surface area (Å²) in [4.78, 5) is 5.37. The van der Waals surface area contributed by atoms with Crippen molar-refractivity contribution in [2.24, 2.45) is 0 Å². The fourth-order valence-electron chi connectivity index (χ4n) is 16.7. The van der Waals surface area contributed by atoms with Gasteiger partial charge in [0.15, 0.2) is 0 Å². The maximum absolute atomic E-state index is 2.69. The van der Waals surface area contributed by atoms with Crippen LogP contribution in [-0.2, 0) is 0 Å². The van der Waals surface area contributed by atoms with Crippen LogP contribution in [0.25, 0.3) is 133 Å². The van der Waals surface area contributed by atoms with Gasteiger partial charge >= 0.3 is 0 Å². The molecule has 0 radical (unpaired) electrons. The minimum absolute atomic E-state index is 0.269. The first kappa shape index (κ1) is 58.0. The van der Waals surface area contributed by atoms with Gasteiger partial charge in [-0.2, -0.15) is 0 Å². The van der Waals surface area contributed by atoms with Crippen LogP contribution in [0.15, 0.2) is 382 Å². The summed E-state index contributed by atoms with van der Waals surface area (Å²) in [6.07, 6.45) is 0. The van der Waals surface area contributed by atoms with E-state index in [0.29, 0.717) is 0 Å². The highest BCUT2D eigenvalue weighted by Crippen LogP contribution is 2.55.